The fourth-order valence-corrected chi connectivity index (χ4v) is 2.37. The Labute approximate surface area is 112 Å². The lowest BCUT2D eigenvalue weighted by Crippen LogP contribution is -2.27. The number of fused-ring (bicyclic) bond motifs is 1. The summed E-state index contributed by atoms with van der Waals surface area (Å²) in [5, 5.41) is 7.17. The molecule has 1 aromatic heterocycles. The summed E-state index contributed by atoms with van der Waals surface area (Å²) in [4.78, 5) is 4.16. The van der Waals surface area contributed by atoms with Gasteiger partial charge in [0.25, 0.3) is 0 Å². The topological polar surface area (TPSA) is 60.2 Å². The van der Waals surface area contributed by atoms with Gasteiger partial charge in [-0.1, -0.05) is 29.4 Å². The third-order valence-electron chi connectivity index (χ3n) is 3.27. The lowest BCUT2D eigenvalue weighted by atomic mass is 9.97. The molecule has 0 spiro atoms. The van der Waals surface area contributed by atoms with E-state index in [4.69, 9.17) is 9.26 Å². The third-order valence-corrected chi connectivity index (χ3v) is 3.27. The second-order valence-electron chi connectivity index (χ2n) is 4.67. The second-order valence-corrected chi connectivity index (χ2v) is 4.67. The van der Waals surface area contributed by atoms with Crippen LogP contribution in [-0.2, 0) is 17.7 Å². The summed E-state index contributed by atoms with van der Waals surface area (Å²) >= 11 is 0. The van der Waals surface area contributed by atoms with Gasteiger partial charge < -0.3 is 14.6 Å². The number of aromatic nitrogens is 2. The van der Waals surface area contributed by atoms with Crippen LogP contribution in [0.15, 0.2) is 28.8 Å². The number of benzene rings is 1. The van der Waals surface area contributed by atoms with Crippen LogP contribution in [0.5, 0.6) is 0 Å². The molecule has 1 aliphatic rings. The van der Waals surface area contributed by atoms with Gasteiger partial charge in [0.2, 0.25) is 5.89 Å². The first kappa shape index (κ1) is 12.3. The minimum absolute atomic E-state index is 0.109. The van der Waals surface area contributed by atoms with Crippen LogP contribution in [0.25, 0.3) is 0 Å². The quantitative estimate of drug-likeness (QED) is 0.907. The van der Waals surface area contributed by atoms with Crippen LogP contribution in [-0.4, -0.2) is 23.3 Å². The van der Waals surface area contributed by atoms with Gasteiger partial charge in [-0.3, -0.25) is 0 Å². The molecule has 2 aromatic rings. The first-order valence-corrected chi connectivity index (χ1v) is 6.52. The molecule has 0 radical (unpaired) electrons. The van der Waals surface area contributed by atoms with Gasteiger partial charge in [-0.2, -0.15) is 4.98 Å². The minimum Gasteiger partial charge on any atom is -0.372 e. The molecule has 1 atom stereocenters. The number of nitrogens with zero attached hydrogens (tertiary/aromatic N) is 2. The van der Waals surface area contributed by atoms with Gasteiger partial charge in [0.15, 0.2) is 5.82 Å². The van der Waals surface area contributed by atoms with Crippen molar-refractivity contribution < 1.29 is 9.26 Å². The van der Waals surface area contributed by atoms with E-state index < -0.39 is 0 Å². The maximum atomic E-state index is 5.82. The molecule has 3 rings (SSSR count). The molecule has 2 heterocycles. The van der Waals surface area contributed by atoms with E-state index in [-0.39, 0.29) is 6.10 Å². The Kier molecular flexibility index (Phi) is 3.57. The molecule has 0 amide bonds. The number of nitrogens with one attached hydrogen (secondary N) is 1. The predicted molar refractivity (Wildman–Crippen MR) is 69.6 cm³/mol. The Bertz CT molecular complexity index is 553. The fraction of sp³-hybridized carbons (Fsp3) is 0.429. The standard InChI is InChI=1S/C14H17N3O2/c1-10-16-14(17-19-10)9-15-8-13-12-5-3-2-4-11(12)6-7-18-13/h2-5,13,15H,6-9H2,1H3. The number of ether oxygens (including phenoxy) is 1. The van der Waals surface area contributed by atoms with E-state index in [0.717, 1.165) is 19.6 Å². The molecule has 0 saturated heterocycles. The summed E-state index contributed by atoms with van der Waals surface area (Å²) in [5.41, 5.74) is 2.67. The molecular formula is C14H17N3O2. The van der Waals surface area contributed by atoms with Crippen LogP contribution in [0.4, 0.5) is 0 Å². The highest BCUT2D eigenvalue weighted by molar-refractivity contribution is 5.31. The first-order valence-electron chi connectivity index (χ1n) is 6.52. The molecule has 0 saturated carbocycles. The van der Waals surface area contributed by atoms with Crippen molar-refractivity contribution in [3.05, 3.63) is 47.1 Å². The first-order chi connectivity index (χ1) is 9.33. The van der Waals surface area contributed by atoms with E-state index in [1.807, 2.05) is 0 Å². The van der Waals surface area contributed by atoms with Crippen LogP contribution >= 0.6 is 0 Å². The fourth-order valence-electron chi connectivity index (χ4n) is 2.37. The van der Waals surface area contributed by atoms with Crippen molar-refractivity contribution in [3.63, 3.8) is 0 Å². The number of aryl methyl sites for hydroxylation is 1. The van der Waals surface area contributed by atoms with Crippen LogP contribution in [0.2, 0.25) is 0 Å². The molecule has 5 nitrogen and oxygen atoms in total. The molecule has 1 unspecified atom stereocenters. The Morgan fingerprint density at radius 2 is 2.26 bits per heavy atom. The van der Waals surface area contributed by atoms with Gasteiger partial charge >= 0.3 is 0 Å². The minimum atomic E-state index is 0.109. The summed E-state index contributed by atoms with van der Waals surface area (Å²) in [6.45, 7) is 3.92. The largest absolute Gasteiger partial charge is 0.372 e. The van der Waals surface area contributed by atoms with E-state index in [0.29, 0.717) is 18.3 Å². The van der Waals surface area contributed by atoms with Gasteiger partial charge in [0, 0.05) is 13.5 Å². The summed E-state index contributed by atoms with van der Waals surface area (Å²) in [7, 11) is 0. The van der Waals surface area contributed by atoms with Gasteiger partial charge in [-0.05, 0) is 17.5 Å². The van der Waals surface area contributed by atoms with E-state index in [1.165, 1.54) is 11.1 Å². The van der Waals surface area contributed by atoms with Crippen LogP contribution in [0.3, 0.4) is 0 Å². The monoisotopic (exact) mass is 259 g/mol. The number of hydrogen-bond donors (Lipinski definition) is 1. The molecule has 1 N–H and O–H groups in total. The number of hydrogen-bond acceptors (Lipinski definition) is 5. The highest BCUT2D eigenvalue weighted by Gasteiger charge is 2.19. The van der Waals surface area contributed by atoms with Crippen molar-refractivity contribution in [2.75, 3.05) is 13.2 Å². The van der Waals surface area contributed by atoms with Crippen molar-refractivity contribution in [1.82, 2.24) is 15.5 Å². The molecule has 1 aromatic carbocycles. The normalized spacial score (nSPS) is 18.3. The Balaban J connectivity index is 1.59. The van der Waals surface area contributed by atoms with Crippen LogP contribution in [0.1, 0.15) is 28.9 Å². The van der Waals surface area contributed by atoms with Gasteiger partial charge in [-0.25, -0.2) is 0 Å². The third kappa shape index (κ3) is 2.83. The van der Waals surface area contributed by atoms with Crippen LogP contribution < -0.4 is 5.32 Å². The lowest BCUT2D eigenvalue weighted by molar-refractivity contribution is 0.0422. The SMILES string of the molecule is Cc1nc(CNCC2OCCc3ccccc32)no1. The average Bonchev–Trinajstić information content (AvgIpc) is 2.85. The van der Waals surface area contributed by atoms with Crippen molar-refractivity contribution in [1.29, 1.82) is 0 Å². The molecule has 100 valence electrons. The molecular weight excluding hydrogens is 242 g/mol. The zero-order chi connectivity index (χ0) is 13.1. The maximum absolute atomic E-state index is 5.82. The Hall–Kier alpha value is -1.72. The van der Waals surface area contributed by atoms with Crippen molar-refractivity contribution in [3.8, 4) is 0 Å². The van der Waals surface area contributed by atoms with Crippen LogP contribution in [0, 0.1) is 6.92 Å². The average molecular weight is 259 g/mol. The van der Waals surface area contributed by atoms with E-state index in [9.17, 15) is 0 Å². The molecule has 0 bridgehead atoms. The second kappa shape index (κ2) is 5.50. The summed E-state index contributed by atoms with van der Waals surface area (Å²) in [6.07, 6.45) is 1.11. The summed E-state index contributed by atoms with van der Waals surface area (Å²) in [5.74, 6) is 1.28. The molecule has 0 fully saturated rings. The maximum Gasteiger partial charge on any atom is 0.223 e. The molecule has 5 heteroatoms. The highest BCUT2D eigenvalue weighted by Crippen LogP contribution is 2.26. The molecule has 1 aliphatic heterocycles. The van der Waals surface area contributed by atoms with Crippen molar-refractivity contribution >= 4 is 0 Å². The van der Waals surface area contributed by atoms with E-state index >= 15 is 0 Å². The zero-order valence-electron chi connectivity index (χ0n) is 10.9. The molecule has 19 heavy (non-hydrogen) atoms. The van der Waals surface area contributed by atoms with Crippen molar-refractivity contribution in [2.24, 2.45) is 0 Å². The summed E-state index contributed by atoms with van der Waals surface area (Å²) in [6, 6.07) is 8.45. The highest BCUT2D eigenvalue weighted by atomic mass is 16.5. The lowest BCUT2D eigenvalue weighted by Gasteiger charge is -2.26. The van der Waals surface area contributed by atoms with E-state index in [1.54, 1.807) is 6.92 Å². The zero-order valence-corrected chi connectivity index (χ0v) is 10.9. The van der Waals surface area contributed by atoms with E-state index in [2.05, 4.69) is 39.7 Å². The summed E-state index contributed by atoms with van der Waals surface area (Å²) < 4.78 is 10.8. The number of rotatable bonds is 4. The van der Waals surface area contributed by atoms with Crippen molar-refractivity contribution in [2.45, 2.75) is 26.0 Å². The predicted octanol–water partition coefficient (Wildman–Crippen LogP) is 1.78. The molecule has 0 aliphatic carbocycles. The van der Waals surface area contributed by atoms with Gasteiger partial charge in [0.05, 0.1) is 19.3 Å². The Morgan fingerprint density at radius 3 is 3.11 bits per heavy atom. The Morgan fingerprint density at radius 1 is 1.37 bits per heavy atom. The smallest absolute Gasteiger partial charge is 0.223 e. The van der Waals surface area contributed by atoms with Gasteiger partial charge in [-0.15, -0.1) is 0 Å². The van der Waals surface area contributed by atoms with Gasteiger partial charge in [0.1, 0.15) is 0 Å².